The third-order valence-electron chi connectivity index (χ3n) is 3.07. The predicted molar refractivity (Wildman–Crippen MR) is 66.4 cm³/mol. The molecule has 1 rings (SSSR count). The van der Waals surface area contributed by atoms with Crippen LogP contribution in [0.5, 0.6) is 0 Å². The summed E-state index contributed by atoms with van der Waals surface area (Å²) < 4.78 is 5.27. The SMILES string of the molecule is CCc1noc(C)c1CN(C(C)C)C(C)C. The molecule has 1 heterocycles. The van der Waals surface area contributed by atoms with Gasteiger partial charge in [-0.15, -0.1) is 0 Å². The van der Waals surface area contributed by atoms with Crippen molar-refractivity contribution in [2.75, 3.05) is 0 Å². The van der Waals surface area contributed by atoms with Gasteiger partial charge in [-0.05, 0) is 41.0 Å². The molecule has 0 atom stereocenters. The maximum Gasteiger partial charge on any atom is 0.138 e. The zero-order valence-corrected chi connectivity index (χ0v) is 11.4. The smallest absolute Gasteiger partial charge is 0.138 e. The predicted octanol–water partition coefficient (Wildman–Crippen LogP) is 3.16. The molecule has 16 heavy (non-hydrogen) atoms. The molecule has 3 heteroatoms. The van der Waals surface area contributed by atoms with E-state index in [1.807, 2.05) is 6.92 Å². The van der Waals surface area contributed by atoms with Crippen molar-refractivity contribution in [3.63, 3.8) is 0 Å². The minimum absolute atomic E-state index is 0.541. The Morgan fingerprint density at radius 3 is 2.19 bits per heavy atom. The first-order valence-corrected chi connectivity index (χ1v) is 6.17. The van der Waals surface area contributed by atoms with Crippen molar-refractivity contribution in [2.24, 2.45) is 0 Å². The van der Waals surface area contributed by atoms with Crippen LogP contribution in [0.1, 0.15) is 51.6 Å². The van der Waals surface area contributed by atoms with E-state index in [2.05, 4.69) is 44.7 Å². The fourth-order valence-corrected chi connectivity index (χ4v) is 2.06. The molecule has 0 unspecified atom stereocenters. The molecule has 0 aliphatic rings. The molecule has 0 aliphatic carbocycles. The fraction of sp³-hybridized carbons (Fsp3) is 0.769. The summed E-state index contributed by atoms with van der Waals surface area (Å²) in [5, 5.41) is 4.10. The van der Waals surface area contributed by atoms with E-state index in [4.69, 9.17) is 4.52 Å². The normalized spacial score (nSPS) is 12.1. The second-order valence-electron chi connectivity index (χ2n) is 4.88. The van der Waals surface area contributed by atoms with Gasteiger partial charge in [-0.3, -0.25) is 4.90 Å². The molecular weight excluding hydrogens is 200 g/mol. The molecule has 0 radical (unpaired) electrons. The Bertz CT molecular complexity index is 321. The Morgan fingerprint density at radius 1 is 1.19 bits per heavy atom. The lowest BCUT2D eigenvalue weighted by atomic mass is 10.1. The number of aryl methyl sites for hydroxylation is 2. The van der Waals surface area contributed by atoms with Crippen LogP contribution in [0.3, 0.4) is 0 Å². The van der Waals surface area contributed by atoms with E-state index in [0.29, 0.717) is 12.1 Å². The first-order chi connectivity index (χ1) is 7.47. The van der Waals surface area contributed by atoms with Gasteiger partial charge in [0.25, 0.3) is 0 Å². The van der Waals surface area contributed by atoms with Crippen LogP contribution in [0.25, 0.3) is 0 Å². The summed E-state index contributed by atoms with van der Waals surface area (Å²) in [6, 6.07) is 1.08. The molecule has 0 spiro atoms. The maximum atomic E-state index is 5.27. The summed E-state index contributed by atoms with van der Waals surface area (Å²) in [7, 11) is 0. The van der Waals surface area contributed by atoms with Crippen molar-refractivity contribution >= 4 is 0 Å². The topological polar surface area (TPSA) is 29.3 Å². The van der Waals surface area contributed by atoms with Crippen LogP contribution in [-0.4, -0.2) is 22.1 Å². The first-order valence-electron chi connectivity index (χ1n) is 6.17. The average molecular weight is 224 g/mol. The second kappa shape index (κ2) is 5.48. The molecule has 0 amide bonds. The van der Waals surface area contributed by atoms with Crippen LogP contribution < -0.4 is 0 Å². The minimum atomic E-state index is 0.541. The van der Waals surface area contributed by atoms with E-state index in [1.54, 1.807) is 0 Å². The Kier molecular flexibility index (Phi) is 4.54. The zero-order chi connectivity index (χ0) is 12.3. The monoisotopic (exact) mass is 224 g/mol. The van der Waals surface area contributed by atoms with Gasteiger partial charge in [-0.2, -0.15) is 0 Å². The zero-order valence-electron chi connectivity index (χ0n) is 11.4. The lowest BCUT2D eigenvalue weighted by Crippen LogP contribution is -2.36. The number of rotatable bonds is 5. The van der Waals surface area contributed by atoms with Gasteiger partial charge in [0.1, 0.15) is 5.76 Å². The van der Waals surface area contributed by atoms with Crippen molar-refractivity contribution in [1.82, 2.24) is 10.1 Å². The minimum Gasteiger partial charge on any atom is -0.361 e. The van der Waals surface area contributed by atoms with Crippen molar-refractivity contribution in [3.8, 4) is 0 Å². The molecule has 0 saturated carbocycles. The van der Waals surface area contributed by atoms with Gasteiger partial charge in [-0.1, -0.05) is 12.1 Å². The van der Waals surface area contributed by atoms with Gasteiger partial charge < -0.3 is 4.52 Å². The van der Waals surface area contributed by atoms with Gasteiger partial charge in [0.15, 0.2) is 0 Å². The molecule has 0 aromatic carbocycles. The highest BCUT2D eigenvalue weighted by Crippen LogP contribution is 2.19. The van der Waals surface area contributed by atoms with Crippen molar-refractivity contribution < 1.29 is 4.52 Å². The van der Waals surface area contributed by atoms with Gasteiger partial charge >= 0.3 is 0 Å². The van der Waals surface area contributed by atoms with Gasteiger partial charge in [0.05, 0.1) is 5.69 Å². The summed E-state index contributed by atoms with van der Waals surface area (Å²) in [6.07, 6.45) is 0.941. The number of hydrogen-bond acceptors (Lipinski definition) is 3. The third-order valence-corrected chi connectivity index (χ3v) is 3.07. The van der Waals surface area contributed by atoms with Crippen LogP contribution in [0, 0.1) is 6.92 Å². The second-order valence-corrected chi connectivity index (χ2v) is 4.88. The first kappa shape index (κ1) is 13.2. The Balaban J connectivity index is 2.88. The molecule has 0 fully saturated rings. The molecule has 0 saturated heterocycles. The van der Waals surface area contributed by atoms with Gasteiger partial charge in [-0.25, -0.2) is 0 Å². The molecule has 0 aliphatic heterocycles. The highest BCUT2D eigenvalue weighted by molar-refractivity contribution is 5.22. The summed E-state index contributed by atoms with van der Waals surface area (Å²) in [4.78, 5) is 2.46. The molecule has 1 aromatic heterocycles. The Morgan fingerprint density at radius 2 is 1.75 bits per heavy atom. The summed E-state index contributed by atoms with van der Waals surface area (Å²) in [5.74, 6) is 0.961. The number of aromatic nitrogens is 1. The van der Waals surface area contributed by atoms with E-state index < -0.39 is 0 Å². The number of nitrogens with zero attached hydrogens (tertiary/aromatic N) is 2. The van der Waals surface area contributed by atoms with Crippen LogP contribution in [0.2, 0.25) is 0 Å². The lowest BCUT2D eigenvalue weighted by molar-refractivity contribution is 0.164. The maximum absolute atomic E-state index is 5.27. The van der Waals surface area contributed by atoms with Gasteiger partial charge in [0.2, 0.25) is 0 Å². The lowest BCUT2D eigenvalue weighted by Gasteiger charge is -2.30. The van der Waals surface area contributed by atoms with E-state index in [0.717, 1.165) is 24.4 Å². The highest BCUT2D eigenvalue weighted by atomic mass is 16.5. The van der Waals surface area contributed by atoms with Crippen LogP contribution in [0.15, 0.2) is 4.52 Å². The van der Waals surface area contributed by atoms with E-state index in [9.17, 15) is 0 Å². The van der Waals surface area contributed by atoms with E-state index >= 15 is 0 Å². The highest BCUT2D eigenvalue weighted by Gasteiger charge is 2.19. The van der Waals surface area contributed by atoms with Crippen molar-refractivity contribution in [3.05, 3.63) is 17.0 Å². The molecule has 3 nitrogen and oxygen atoms in total. The van der Waals surface area contributed by atoms with Gasteiger partial charge in [0, 0.05) is 24.2 Å². The average Bonchev–Trinajstić information content (AvgIpc) is 2.54. The number of hydrogen-bond donors (Lipinski definition) is 0. The third kappa shape index (κ3) is 2.85. The van der Waals surface area contributed by atoms with Crippen LogP contribution in [0.4, 0.5) is 0 Å². The largest absolute Gasteiger partial charge is 0.361 e. The summed E-state index contributed by atoms with van der Waals surface area (Å²) in [6.45, 7) is 14.0. The molecule has 1 aromatic rings. The molecule has 92 valence electrons. The van der Waals surface area contributed by atoms with Crippen molar-refractivity contribution in [1.29, 1.82) is 0 Å². The Labute approximate surface area is 98.8 Å². The van der Waals surface area contributed by atoms with E-state index in [-0.39, 0.29) is 0 Å². The summed E-state index contributed by atoms with van der Waals surface area (Å²) >= 11 is 0. The Hall–Kier alpha value is -0.830. The standard InChI is InChI=1S/C13H24N2O/c1-7-13-12(11(6)16-14-13)8-15(9(2)3)10(4)5/h9-10H,7-8H2,1-6H3. The van der Waals surface area contributed by atoms with Crippen LogP contribution in [-0.2, 0) is 13.0 Å². The van der Waals surface area contributed by atoms with Crippen LogP contribution >= 0.6 is 0 Å². The quantitative estimate of drug-likeness (QED) is 0.769. The van der Waals surface area contributed by atoms with E-state index in [1.165, 1.54) is 5.56 Å². The summed E-state index contributed by atoms with van der Waals surface area (Å²) in [5.41, 5.74) is 2.37. The molecule has 0 bridgehead atoms. The molecule has 0 N–H and O–H groups in total. The van der Waals surface area contributed by atoms with Crippen molar-refractivity contribution in [2.45, 2.75) is 66.6 Å². The fourth-order valence-electron chi connectivity index (χ4n) is 2.06. The molecular formula is C13H24N2O.